The van der Waals surface area contributed by atoms with Crippen molar-refractivity contribution in [3.05, 3.63) is 53.6 Å². The molecule has 0 bridgehead atoms. The predicted octanol–water partition coefficient (Wildman–Crippen LogP) is 3.68. The summed E-state index contributed by atoms with van der Waals surface area (Å²) in [5.41, 5.74) is -0.283. The van der Waals surface area contributed by atoms with Gasteiger partial charge in [-0.3, -0.25) is 9.59 Å². The maximum atomic E-state index is 13.9. The standard InChI is InChI=1S/C20H17F5N2O4/c1-27-9-13(10-6-11(30-2)8-12(7-10)31-20(23,24)25)16(19(27)29)18(28)26-15-5-3-4-14(21)17(15)22/h3-8,13,16H,9H2,1-2H3,(H,26,28). The quantitative estimate of drug-likeness (QED) is 0.565. The van der Waals surface area contributed by atoms with Gasteiger partial charge in [-0.1, -0.05) is 6.07 Å². The zero-order valence-corrected chi connectivity index (χ0v) is 16.3. The Bertz CT molecular complexity index is 1010. The van der Waals surface area contributed by atoms with Gasteiger partial charge in [0.1, 0.15) is 17.4 Å². The first-order valence-corrected chi connectivity index (χ1v) is 8.94. The second-order valence-corrected chi connectivity index (χ2v) is 6.88. The minimum Gasteiger partial charge on any atom is -0.497 e. The zero-order valence-electron chi connectivity index (χ0n) is 16.3. The van der Waals surface area contributed by atoms with Gasteiger partial charge in [0.2, 0.25) is 11.8 Å². The Hall–Kier alpha value is -3.37. The molecule has 2 aromatic carbocycles. The number of likely N-dealkylation sites (tertiary alicyclic amines) is 1. The van der Waals surface area contributed by atoms with Gasteiger partial charge in [0.25, 0.3) is 0 Å². The van der Waals surface area contributed by atoms with E-state index in [2.05, 4.69) is 10.1 Å². The molecule has 2 aromatic rings. The minimum atomic E-state index is -4.96. The molecule has 31 heavy (non-hydrogen) atoms. The second-order valence-electron chi connectivity index (χ2n) is 6.88. The van der Waals surface area contributed by atoms with Crippen LogP contribution in [-0.4, -0.2) is 43.8 Å². The van der Waals surface area contributed by atoms with Crippen molar-refractivity contribution in [1.82, 2.24) is 4.90 Å². The normalized spacial score (nSPS) is 18.8. The fraction of sp³-hybridized carbons (Fsp3) is 0.300. The van der Waals surface area contributed by atoms with E-state index in [1.54, 1.807) is 0 Å². The molecular weight excluding hydrogens is 427 g/mol. The molecule has 0 saturated carbocycles. The largest absolute Gasteiger partial charge is 0.573 e. The van der Waals surface area contributed by atoms with Crippen LogP contribution in [0.3, 0.4) is 0 Å². The zero-order chi connectivity index (χ0) is 22.9. The number of methoxy groups -OCH3 is 1. The first kappa shape index (κ1) is 22.3. The number of carbonyl (C=O) groups excluding carboxylic acids is 2. The number of hydrogen-bond donors (Lipinski definition) is 1. The maximum absolute atomic E-state index is 13.9. The number of amides is 2. The molecule has 2 unspecified atom stereocenters. The third-order valence-corrected chi connectivity index (χ3v) is 4.81. The van der Waals surface area contributed by atoms with Crippen molar-refractivity contribution < 1.29 is 41.0 Å². The molecule has 6 nitrogen and oxygen atoms in total. The van der Waals surface area contributed by atoms with Crippen molar-refractivity contribution in [3.63, 3.8) is 0 Å². The molecule has 0 spiro atoms. The van der Waals surface area contributed by atoms with Gasteiger partial charge in [-0.25, -0.2) is 8.78 Å². The van der Waals surface area contributed by atoms with E-state index < -0.39 is 53.1 Å². The molecular formula is C20H17F5N2O4. The summed E-state index contributed by atoms with van der Waals surface area (Å²) in [7, 11) is 2.65. The average molecular weight is 444 g/mol. The van der Waals surface area contributed by atoms with Crippen molar-refractivity contribution >= 4 is 17.5 Å². The minimum absolute atomic E-state index is 0.00117. The molecule has 3 rings (SSSR count). The fourth-order valence-corrected chi connectivity index (χ4v) is 3.42. The molecule has 1 heterocycles. The molecule has 11 heteroatoms. The van der Waals surface area contributed by atoms with E-state index in [-0.39, 0.29) is 17.9 Å². The summed E-state index contributed by atoms with van der Waals surface area (Å²) < 4.78 is 74.3. The highest BCUT2D eigenvalue weighted by Crippen LogP contribution is 2.38. The molecule has 1 aliphatic rings. The van der Waals surface area contributed by atoms with Crippen LogP contribution in [0.4, 0.5) is 27.6 Å². The number of halogens is 5. The number of anilines is 1. The number of nitrogens with zero attached hydrogens (tertiary/aromatic N) is 1. The summed E-state index contributed by atoms with van der Waals surface area (Å²) in [6.07, 6.45) is -4.96. The molecule has 166 valence electrons. The Kier molecular flexibility index (Phi) is 6.05. The van der Waals surface area contributed by atoms with Gasteiger partial charge < -0.3 is 19.7 Å². The lowest BCUT2D eigenvalue weighted by Gasteiger charge is -2.19. The van der Waals surface area contributed by atoms with E-state index in [9.17, 15) is 31.5 Å². The number of rotatable bonds is 5. The molecule has 2 amide bonds. The molecule has 0 radical (unpaired) electrons. The fourth-order valence-electron chi connectivity index (χ4n) is 3.42. The van der Waals surface area contributed by atoms with Gasteiger partial charge in [-0.2, -0.15) is 0 Å². The van der Waals surface area contributed by atoms with Crippen LogP contribution < -0.4 is 14.8 Å². The lowest BCUT2D eigenvalue weighted by Crippen LogP contribution is -2.33. The van der Waals surface area contributed by atoms with Gasteiger partial charge in [-0.05, 0) is 29.8 Å². The van der Waals surface area contributed by atoms with Crippen LogP contribution in [0.2, 0.25) is 0 Å². The van der Waals surface area contributed by atoms with Crippen LogP contribution >= 0.6 is 0 Å². The highest BCUT2D eigenvalue weighted by Gasteiger charge is 2.45. The van der Waals surface area contributed by atoms with E-state index in [4.69, 9.17) is 4.74 Å². The van der Waals surface area contributed by atoms with Crippen LogP contribution in [0.25, 0.3) is 0 Å². The first-order valence-electron chi connectivity index (χ1n) is 8.94. The summed E-state index contributed by atoms with van der Waals surface area (Å²) in [6.45, 7) is 0.00117. The summed E-state index contributed by atoms with van der Waals surface area (Å²) in [5.74, 6) is -6.88. The smallest absolute Gasteiger partial charge is 0.497 e. The SMILES string of the molecule is COc1cc(OC(F)(F)F)cc(C2CN(C)C(=O)C2C(=O)Nc2cccc(F)c2F)c1. The maximum Gasteiger partial charge on any atom is 0.573 e. The summed E-state index contributed by atoms with van der Waals surface area (Å²) in [5, 5.41) is 2.18. The Labute approximate surface area is 173 Å². The van der Waals surface area contributed by atoms with Gasteiger partial charge in [0.15, 0.2) is 11.6 Å². The third-order valence-electron chi connectivity index (χ3n) is 4.81. The number of hydrogen-bond acceptors (Lipinski definition) is 4. The molecule has 0 aliphatic carbocycles. The topological polar surface area (TPSA) is 67.9 Å². The summed E-state index contributed by atoms with van der Waals surface area (Å²) in [4.78, 5) is 26.6. The van der Waals surface area contributed by atoms with Crippen LogP contribution in [-0.2, 0) is 9.59 Å². The molecule has 1 N–H and O–H groups in total. The number of benzene rings is 2. The number of alkyl halides is 3. The molecule has 0 aromatic heterocycles. The Morgan fingerprint density at radius 1 is 1.16 bits per heavy atom. The van der Waals surface area contributed by atoms with Crippen molar-refractivity contribution in [2.24, 2.45) is 5.92 Å². The molecule has 1 aliphatic heterocycles. The van der Waals surface area contributed by atoms with E-state index in [0.717, 1.165) is 24.3 Å². The van der Waals surface area contributed by atoms with Gasteiger partial charge in [0, 0.05) is 25.6 Å². The number of carbonyl (C=O) groups is 2. The summed E-state index contributed by atoms with van der Waals surface area (Å²) in [6, 6.07) is 6.60. The monoisotopic (exact) mass is 444 g/mol. The van der Waals surface area contributed by atoms with E-state index in [1.807, 2.05) is 0 Å². The van der Waals surface area contributed by atoms with Crippen molar-refractivity contribution in [3.8, 4) is 11.5 Å². The molecule has 1 fully saturated rings. The molecule has 1 saturated heterocycles. The lowest BCUT2D eigenvalue weighted by molar-refractivity contribution is -0.274. The van der Waals surface area contributed by atoms with Crippen molar-refractivity contribution in [1.29, 1.82) is 0 Å². The van der Waals surface area contributed by atoms with Gasteiger partial charge in [0.05, 0.1) is 12.8 Å². The number of likely N-dealkylation sites (N-methyl/N-ethyl adjacent to an activating group) is 1. The van der Waals surface area contributed by atoms with Crippen molar-refractivity contribution in [2.45, 2.75) is 12.3 Å². The predicted molar refractivity (Wildman–Crippen MR) is 98.5 cm³/mol. The number of nitrogens with one attached hydrogen (secondary N) is 1. The highest BCUT2D eigenvalue weighted by molar-refractivity contribution is 6.08. The van der Waals surface area contributed by atoms with Crippen molar-refractivity contribution in [2.75, 3.05) is 26.0 Å². The first-order chi connectivity index (χ1) is 14.5. The van der Waals surface area contributed by atoms with E-state index in [0.29, 0.717) is 0 Å². The molecule has 2 atom stereocenters. The third kappa shape index (κ3) is 4.86. The van der Waals surface area contributed by atoms with Crippen LogP contribution in [0.1, 0.15) is 11.5 Å². The average Bonchev–Trinajstić information content (AvgIpc) is 2.98. The Morgan fingerprint density at radius 3 is 2.48 bits per heavy atom. The lowest BCUT2D eigenvalue weighted by atomic mass is 9.87. The Morgan fingerprint density at radius 2 is 1.84 bits per heavy atom. The highest BCUT2D eigenvalue weighted by atomic mass is 19.4. The van der Waals surface area contributed by atoms with Crippen LogP contribution in [0.5, 0.6) is 11.5 Å². The van der Waals surface area contributed by atoms with Gasteiger partial charge >= 0.3 is 6.36 Å². The summed E-state index contributed by atoms with van der Waals surface area (Å²) >= 11 is 0. The number of ether oxygens (including phenoxy) is 2. The van der Waals surface area contributed by atoms with E-state index in [1.165, 1.54) is 31.2 Å². The Balaban J connectivity index is 1.96. The van der Waals surface area contributed by atoms with Gasteiger partial charge in [-0.15, -0.1) is 13.2 Å². The van der Waals surface area contributed by atoms with Crippen LogP contribution in [0, 0.1) is 17.6 Å². The van der Waals surface area contributed by atoms with E-state index >= 15 is 0 Å². The second kappa shape index (κ2) is 8.40. The van der Waals surface area contributed by atoms with Crippen LogP contribution in [0.15, 0.2) is 36.4 Å².